The summed E-state index contributed by atoms with van der Waals surface area (Å²) < 4.78 is 5.32. The van der Waals surface area contributed by atoms with Crippen LogP contribution in [0.2, 0.25) is 0 Å². The molecule has 4 nitrogen and oxygen atoms in total. The summed E-state index contributed by atoms with van der Waals surface area (Å²) in [5.41, 5.74) is 8.26. The molecule has 0 aliphatic carbocycles. The van der Waals surface area contributed by atoms with Crippen molar-refractivity contribution < 1.29 is 9.53 Å². The number of nitrogens with two attached hydrogens (primary N) is 1. The van der Waals surface area contributed by atoms with Gasteiger partial charge in [-0.2, -0.15) is 0 Å². The summed E-state index contributed by atoms with van der Waals surface area (Å²) in [4.78, 5) is 14.4. The summed E-state index contributed by atoms with van der Waals surface area (Å²) in [5.74, 6) is 1.04. The number of rotatable bonds is 2. The second-order valence-corrected chi connectivity index (χ2v) is 6.81. The van der Waals surface area contributed by atoms with Gasteiger partial charge in [0.05, 0.1) is 13.2 Å². The Bertz CT molecular complexity index is 534. The van der Waals surface area contributed by atoms with Gasteiger partial charge in [-0.05, 0) is 51.3 Å². The van der Waals surface area contributed by atoms with E-state index in [-0.39, 0.29) is 23.5 Å². The molecule has 0 saturated carbocycles. The Morgan fingerprint density at radius 3 is 2.52 bits per heavy atom. The molecule has 2 atom stereocenters. The molecule has 21 heavy (non-hydrogen) atoms. The van der Waals surface area contributed by atoms with E-state index in [0.717, 1.165) is 23.3 Å². The first-order valence-electron chi connectivity index (χ1n) is 7.48. The van der Waals surface area contributed by atoms with E-state index in [9.17, 15) is 4.79 Å². The van der Waals surface area contributed by atoms with E-state index in [4.69, 9.17) is 10.5 Å². The zero-order valence-corrected chi connectivity index (χ0v) is 13.6. The summed E-state index contributed by atoms with van der Waals surface area (Å²) in [5, 5.41) is 0. The summed E-state index contributed by atoms with van der Waals surface area (Å²) in [7, 11) is 1.67. The van der Waals surface area contributed by atoms with E-state index >= 15 is 0 Å². The van der Waals surface area contributed by atoms with Crippen molar-refractivity contribution in [3.8, 4) is 5.75 Å². The second kappa shape index (κ2) is 5.68. The quantitative estimate of drug-likeness (QED) is 0.911. The van der Waals surface area contributed by atoms with Gasteiger partial charge < -0.3 is 15.4 Å². The summed E-state index contributed by atoms with van der Waals surface area (Å²) >= 11 is 0. The molecule has 1 heterocycles. The first-order valence-corrected chi connectivity index (χ1v) is 7.48. The van der Waals surface area contributed by atoms with Gasteiger partial charge in [0.1, 0.15) is 5.75 Å². The summed E-state index contributed by atoms with van der Waals surface area (Å²) in [6.07, 6.45) is 1.27. The molecule has 0 spiro atoms. The zero-order chi connectivity index (χ0) is 15.8. The maximum atomic E-state index is 12.4. The van der Waals surface area contributed by atoms with Gasteiger partial charge >= 0.3 is 0 Å². The molecular weight excluding hydrogens is 264 g/mol. The topological polar surface area (TPSA) is 55.6 Å². The molecule has 1 fully saturated rings. The van der Waals surface area contributed by atoms with Crippen LogP contribution in [0.1, 0.15) is 50.8 Å². The lowest BCUT2D eigenvalue weighted by Gasteiger charge is -2.47. The summed E-state index contributed by atoms with van der Waals surface area (Å²) in [6.45, 7) is 8.20. The molecule has 1 aromatic carbocycles. The third kappa shape index (κ3) is 3.05. The third-order valence-electron chi connectivity index (χ3n) is 4.13. The Morgan fingerprint density at radius 2 is 2.00 bits per heavy atom. The maximum Gasteiger partial charge on any atom is 0.223 e. The van der Waals surface area contributed by atoms with Crippen LogP contribution < -0.4 is 10.5 Å². The maximum absolute atomic E-state index is 12.4. The Balaban J connectivity index is 2.46. The van der Waals surface area contributed by atoms with Gasteiger partial charge in [0, 0.05) is 18.0 Å². The van der Waals surface area contributed by atoms with Crippen LogP contribution in [0.3, 0.4) is 0 Å². The van der Waals surface area contributed by atoms with E-state index in [1.165, 1.54) is 0 Å². The van der Waals surface area contributed by atoms with E-state index in [0.29, 0.717) is 6.42 Å². The van der Waals surface area contributed by atoms with Crippen molar-refractivity contribution >= 4 is 5.91 Å². The van der Waals surface area contributed by atoms with Crippen LogP contribution in [0.25, 0.3) is 0 Å². The van der Waals surface area contributed by atoms with Crippen LogP contribution in [0.4, 0.5) is 0 Å². The lowest BCUT2D eigenvalue weighted by Crippen LogP contribution is -2.56. The van der Waals surface area contributed by atoms with Gasteiger partial charge in [0.2, 0.25) is 5.91 Å². The molecule has 2 rings (SSSR count). The number of nitrogens with zero attached hydrogens (tertiary/aromatic N) is 1. The van der Waals surface area contributed by atoms with Gasteiger partial charge in [0.15, 0.2) is 0 Å². The predicted octanol–water partition coefficient (Wildman–Crippen LogP) is 2.79. The number of carbonyl (C=O) groups is 1. The monoisotopic (exact) mass is 290 g/mol. The average molecular weight is 290 g/mol. The highest BCUT2D eigenvalue weighted by Crippen LogP contribution is 2.37. The second-order valence-electron chi connectivity index (χ2n) is 6.81. The van der Waals surface area contributed by atoms with Gasteiger partial charge in [0.25, 0.3) is 0 Å². The predicted molar refractivity (Wildman–Crippen MR) is 84.3 cm³/mol. The van der Waals surface area contributed by atoms with Crippen LogP contribution in [-0.4, -0.2) is 29.5 Å². The molecule has 0 radical (unpaired) electrons. The van der Waals surface area contributed by atoms with Crippen molar-refractivity contribution in [2.75, 3.05) is 7.11 Å². The minimum Gasteiger partial charge on any atom is -0.496 e. The van der Waals surface area contributed by atoms with E-state index < -0.39 is 0 Å². The standard InChI is InChI=1S/C17H26N2O2/c1-11-10-12(6-8-14(11)21-5)16-13(18)7-9-15(20)19(16)17(2,3)4/h6,8,10,13,16H,7,9,18H2,1-5H3. The molecule has 0 bridgehead atoms. The van der Waals surface area contributed by atoms with Crippen LogP contribution in [0.5, 0.6) is 5.75 Å². The Morgan fingerprint density at radius 1 is 1.33 bits per heavy atom. The fraction of sp³-hybridized carbons (Fsp3) is 0.588. The van der Waals surface area contributed by atoms with Crippen LogP contribution >= 0.6 is 0 Å². The van der Waals surface area contributed by atoms with Crippen LogP contribution in [0, 0.1) is 6.92 Å². The molecule has 1 amide bonds. The molecule has 1 aliphatic rings. The minimum absolute atomic E-state index is 0.0327. The highest BCUT2D eigenvalue weighted by atomic mass is 16.5. The normalized spacial score (nSPS) is 23.3. The number of amides is 1. The van der Waals surface area contributed by atoms with Crippen molar-refractivity contribution in [2.24, 2.45) is 5.73 Å². The number of aryl methyl sites for hydroxylation is 1. The Kier molecular flexibility index (Phi) is 4.28. The fourth-order valence-corrected chi connectivity index (χ4v) is 3.19. The van der Waals surface area contributed by atoms with Crippen molar-refractivity contribution in [3.05, 3.63) is 29.3 Å². The molecule has 2 unspecified atom stereocenters. The number of carbonyl (C=O) groups excluding carboxylic acids is 1. The number of ether oxygens (including phenoxy) is 1. The van der Waals surface area contributed by atoms with Gasteiger partial charge in [-0.25, -0.2) is 0 Å². The average Bonchev–Trinajstić information content (AvgIpc) is 2.39. The number of hydrogen-bond donors (Lipinski definition) is 1. The highest BCUT2D eigenvalue weighted by molar-refractivity contribution is 5.78. The van der Waals surface area contributed by atoms with Crippen LogP contribution in [0.15, 0.2) is 18.2 Å². The van der Waals surface area contributed by atoms with Crippen LogP contribution in [-0.2, 0) is 4.79 Å². The number of methoxy groups -OCH3 is 1. The van der Waals surface area contributed by atoms with Gasteiger partial charge in [-0.1, -0.05) is 12.1 Å². The number of benzene rings is 1. The number of likely N-dealkylation sites (tertiary alicyclic amines) is 1. The SMILES string of the molecule is COc1ccc(C2C(N)CCC(=O)N2C(C)(C)C)cc1C. The van der Waals surface area contributed by atoms with Crippen molar-refractivity contribution in [1.82, 2.24) is 4.90 Å². The first-order chi connectivity index (χ1) is 9.75. The Labute approximate surface area is 127 Å². The van der Waals surface area contributed by atoms with Crippen molar-refractivity contribution in [1.29, 1.82) is 0 Å². The third-order valence-corrected chi connectivity index (χ3v) is 4.13. The summed E-state index contributed by atoms with van der Waals surface area (Å²) in [6, 6.07) is 5.96. The minimum atomic E-state index is -0.242. The number of hydrogen-bond acceptors (Lipinski definition) is 3. The van der Waals surface area contributed by atoms with Gasteiger partial charge in [-0.15, -0.1) is 0 Å². The smallest absolute Gasteiger partial charge is 0.223 e. The molecular formula is C17H26N2O2. The van der Waals surface area contributed by atoms with E-state index in [1.54, 1.807) is 7.11 Å². The van der Waals surface area contributed by atoms with E-state index in [1.807, 2.05) is 24.0 Å². The molecule has 116 valence electrons. The molecule has 2 N–H and O–H groups in total. The first kappa shape index (κ1) is 15.8. The molecule has 0 aromatic heterocycles. The lowest BCUT2D eigenvalue weighted by atomic mass is 9.86. The largest absolute Gasteiger partial charge is 0.496 e. The molecule has 1 aromatic rings. The molecule has 1 aliphatic heterocycles. The van der Waals surface area contributed by atoms with Crippen molar-refractivity contribution in [2.45, 2.75) is 58.2 Å². The lowest BCUT2D eigenvalue weighted by molar-refractivity contribution is -0.144. The zero-order valence-electron chi connectivity index (χ0n) is 13.6. The fourth-order valence-electron chi connectivity index (χ4n) is 3.19. The molecule has 4 heteroatoms. The van der Waals surface area contributed by atoms with Crippen molar-refractivity contribution in [3.63, 3.8) is 0 Å². The van der Waals surface area contributed by atoms with E-state index in [2.05, 4.69) is 26.8 Å². The van der Waals surface area contributed by atoms with Gasteiger partial charge in [-0.3, -0.25) is 4.79 Å². The number of piperidine rings is 1. The highest BCUT2D eigenvalue weighted by Gasteiger charge is 2.40. The molecule has 1 saturated heterocycles. The Hall–Kier alpha value is -1.55.